The largest absolute Gasteiger partial charge is 0.368 e. The van der Waals surface area contributed by atoms with E-state index in [1.807, 2.05) is 13.8 Å². The Labute approximate surface area is 78.4 Å². The summed E-state index contributed by atoms with van der Waals surface area (Å²) in [5.74, 6) is -0.781. The Hall–Kier alpha value is -1.32. The maximum absolute atomic E-state index is 11.2. The Kier molecular flexibility index (Phi) is 4.17. The molecular weight excluding hydrogens is 168 g/mol. The molecule has 4 nitrogen and oxygen atoms in total. The molecule has 0 bridgehead atoms. The molecule has 0 radical (unpaired) electrons. The highest BCUT2D eigenvalue weighted by atomic mass is 16.2. The fraction of sp³-hybridized carbons (Fsp3) is 0.556. The molecule has 0 saturated heterocycles. The second-order valence-corrected chi connectivity index (χ2v) is 3.24. The van der Waals surface area contributed by atoms with Crippen molar-refractivity contribution in [2.24, 2.45) is 11.7 Å². The highest BCUT2D eigenvalue weighted by Gasteiger charge is 2.26. The van der Waals surface area contributed by atoms with Gasteiger partial charge in [-0.1, -0.05) is 20.4 Å². The van der Waals surface area contributed by atoms with Crippen LogP contribution in [0, 0.1) is 5.92 Å². The number of amides is 2. The van der Waals surface area contributed by atoms with E-state index in [1.54, 1.807) is 7.05 Å². The molecule has 0 aromatic heterocycles. The normalized spacial score (nSPS) is 12.3. The molecule has 0 spiro atoms. The molecule has 74 valence electrons. The van der Waals surface area contributed by atoms with E-state index in [0.29, 0.717) is 0 Å². The molecule has 4 heteroatoms. The molecule has 2 amide bonds. The Morgan fingerprint density at radius 3 is 2.15 bits per heavy atom. The van der Waals surface area contributed by atoms with Gasteiger partial charge in [-0.25, -0.2) is 0 Å². The van der Waals surface area contributed by atoms with Gasteiger partial charge in [0, 0.05) is 7.05 Å². The molecule has 0 aromatic carbocycles. The van der Waals surface area contributed by atoms with Crippen molar-refractivity contribution in [1.29, 1.82) is 0 Å². The first-order chi connectivity index (χ1) is 5.91. The maximum atomic E-state index is 11.2. The lowest BCUT2D eigenvalue weighted by Crippen LogP contribution is -2.48. The summed E-state index contributed by atoms with van der Waals surface area (Å²) >= 11 is 0. The van der Waals surface area contributed by atoms with E-state index in [2.05, 4.69) is 6.58 Å². The van der Waals surface area contributed by atoms with Crippen molar-refractivity contribution in [2.45, 2.75) is 19.9 Å². The van der Waals surface area contributed by atoms with Gasteiger partial charge in [-0.2, -0.15) is 0 Å². The summed E-state index contributed by atoms with van der Waals surface area (Å²) in [4.78, 5) is 23.5. The minimum Gasteiger partial charge on any atom is -0.368 e. The van der Waals surface area contributed by atoms with E-state index in [1.165, 1.54) is 4.90 Å². The first kappa shape index (κ1) is 11.7. The van der Waals surface area contributed by atoms with Crippen LogP contribution in [0.2, 0.25) is 0 Å². The van der Waals surface area contributed by atoms with Crippen LogP contribution in [-0.2, 0) is 9.59 Å². The lowest BCUT2D eigenvalue weighted by atomic mass is 10.0. The van der Waals surface area contributed by atoms with Gasteiger partial charge in [0.05, 0.1) is 0 Å². The lowest BCUT2D eigenvalue weighted by Gasteiger charge is -2.27. The molecule has 1 unspecified atom stereocenters. The van der Waals surface area contributed by atoms with Gasteiger partial charge in [-0.3, -0.25) is 9.59 Å². The third-order valence-electron chi connectivity index (χ3n) is 1.86. The molecule has 0 heterocycles. The maximum Gasteiger partial charge on any atom is 0.246 e. The molecule has 0 rings (SSSR count). The number of rotatable bonds is 4. The van der Waals surface area contributed by atoms with Gasteiger partial charge < -0.3 is 10.6 Å². The molecule has 0 fully saturated rings. The van der Waals surface area contributed by atoms with E-state index >= 15 is 0 Å². The third kappa shape index (κ3) is 2.89. The van der Waals surface area contributed by atoms with Crippen LogP contribution in [-0.4, -0.2) is 29.8 Å². The van der Waals surface area contributed by atoms with Gasteiger partial charge in [-0.05, 0) is 12.0 Å². The van der Waals surface area contributed by atoms with Crippen LogP contribution >= 0.6 is 0 Å². The van der Waals surface area contributed by atoms with Crippen LogP contribution in [0.15, 0.2) is 12.7 Å². The number of carbonyl (C=O) groups is 2. The summed E-state index contributed by atoms with van der Waals surface area (Å²) in [6, 6.07) is -0.564. The van der Waals surface area contributed by atoms with Crippen LogP contribution in [0.25, 0.3) is 0 Å². The quantitative estimate of drug-likeness (QED) is 0.632. The van der Waals surface area contributed by atoms with Crippen molar-refractivity contribution in [1.82, 2.24) is 4.90 Å². The van der Waals surface area contributed by atoms with Crippen molar-refractivity contribution in [3.63, 3.8) is 0 Å². The van der Waals surface area contributed by atoms with Gasteiger partial charge in [0.1, 0.15) is 6.04 Å². The van der Waals surface area contributed by atoms with Crippen LogP contribution in [0.1, 0.15) is 13.8 Å². The molecule has 0 saturated carbocycles. The molecular formula is C9H16N2O2. The van der Waals surface area contributed by atoms with Gasteiger partial charge in [0.15, 0.2) is 0 Å². The monoisotopic (exact) mass is 184 g/mol. The predicted molar refractivity (Wildman–Crippen MR) is 50.8 cm³/mol. The Morgan fingerprint density at radius 1 is 1.46 bits per heavy atom. The average Bonchev–Trinajstić information content (AvgIpc) is 2.01. The van der Waals surface area contributed by atoms with E-state index in [4.69, 9.17) is 5.73 Å². The summed E-state index contributed by atoms with van der Waals surface area (Å²) in [7, 11) is 1.54. The van der Waals surface area contributed by atoms with Crippen LogP contribution in [0.4, 0.5) is 0 Å². The van der Waals surface area contributed by atoms with Crippen molar-refractivity contribution in [2.75, 3.05) is 7.05 Å². The van der Waals surface area contributed by atoms with E-state index in [0.717, 1.165) is 6.08 Å². The highest BCUT2D eigenvalue weighted by molar-refractivity contribution is 5.92. The molecule has 1 atom stereocenters. The van der Waals surface area contributed by atoms with Crippen LogP contribution < -0.4 is 5.73 Å². The number of hydrogen-bond acceptors (Lipinski definition) is 2. The summed E-state index contributed by atoms with van der Waals surface area (Å²) in [6.45, 7) is 7.01. The van der Waals surface area contributed by atoms with Crippen molar-refractivity contribution in [3.05, 3.63) is 12.7 Å². The summed E-state index contributed by atoms with van der Waals surface area (Å²) < 4.78 is 0. The Morgan fingerprint density at radius 2 is 1.92 bits per heavy atom. The zero-order chi connectivity index (χ0) is 10.6. The Bertz CT molecular complexity index is 224. The number of carbonyl (C=O) groups excluding carboxylic acids is 2. The third-order valence-corrected chi connectivity index (χ3v) is 1.86. The number of primary amides is 1. The second-order valence-electron chi connectivity index (χ2n) is 3.24. The van der Waals surface area contributed by atoms with Gasteiger partial charge >= 0.3 is 0 Å². The number of nitrogens with two attached hydrogens (primary N) is 1. The zero-order valence-corrected chi connectivity index (χ0v) is 8.28. The topological polar surface area (TPSA) is 63.4 Å². The standard InChI is InChI=1S/C9H16N2O2/c1-5-7(12)11(4)8(6(2)3)9(10)13/h5-6,8H,1H2,2-4H3,(H2,10,13). The number of likely N-dealkylation sites (N-methyl/N-ethyl adjacent to an activating group) is 1. The molecule has 0 aliphatic carbocycles. The van der Waals surface area contributed by atoms with E-state index < -0.39 is 11.9 Å². The van der Waals surface area contributed by atoms with Gasteiger partial charge in [0.25, 0.3) is 0 Å². The lowest BCUT2D eigenvalue weighted by molar-refractivity contribution is -0.135. The molecule has 13 heavy (non-hydrogen) atoms. The minimum atomic E-state index is -0.564. The van der Waals surface area contributed by atoms with Crippen molar-refractivity contribution < 1.29 is 9.59 Å². The summed E-state index contributed by atoms with van der Waals surface area (Å²) in [6.07, 6.45) is 1.16. The smallest absolute Gasteiger partial charge is 0.246 e. The molecule has 0 aliphatic rings. The molecule has 0 aromatic rings. The Balaban J connectivity index is 4.64. The van der Waals surface area contributed by atoms with Crippen molar-refractivity contribution in [3.8, 4) is 0 Å². The summed E-state index contributed by atoms with van der Waals surface area (Å²) in [5.41, 5.74) is 5.16. The number of nitrogens with zero attached hydrogens (tertiary/aromatic N) is 1. The highest BCUT2D eigenvalue weighted by Crippen LogP contribution is 2.08. The predicted octanol–water partition coefficient (Wildman–Crippen LogP) is 0.141. The van der Waals surface area contributed by atoms with Crippen molar-refractivity contribution >= 4 is 11.8 Å². The van der Waals surface area contributed by atoms with Crippen LogP contribution in [0.5, 0.6) is 0 Å². The first-order valence-electron chi connectivity index (χ1n) is 4.10. The molecule has 0 aliphatic heterocycles. The fourth-order valence-corrected chi connectivity index (χ4v) is 1.25. The molecule has 2 N–H and O–H groups in total. The van der Waals surface area contributed by atoms with Crippen LogP contribution in [0.3, 0.4) is 0 Å². The zero-order valence-electron chi connectivity index (χ0n) is 8.28. The first-order valence-corrected chi connectivity index (χ1v) is 4.10. The van der Waals surface area contributed by atoms with Gasteiger partial charge in [-0.15, -0.1) is 0 Å². The second kappa shape index (κ2) is 4.64. The van der Waals surface area contributed by atoms with E-state index in [9.17, 15) is 9.59 Å². The number of hydrogen-bond donors (Lipinski definition) is 1. The minimum absolute atomic E-state index is 0.00593. The van der Waals surface area contributed by atoms with Gasteiger partial charge in [0.2, 0.25) is 11.8 Å². The fourth-order valence-electron chi connectivity index (χ4n) is 1.25. The SMILES string of the molecule is C=CC(=O)N(C)C(C(N)=O)C(C)C. The average molecular weight is 184 g/mol. The summed E-state index contributed by atoms with van der Waals surface area (Å²) in [5, 5.41) is 0. The van der Waals surface area contributed by atoms with E-state index in [-0.39, 0.29) is 11.8 Å².